The van der Waals surface area contributed by atoms with E-state index in [1.54, 1.807) is 17.1 Å². The molecule has 1 amide bonds. The number of hydrogen-bond donors (Lipinski definition) is 2. The number of piperidine rings is 1. The van der Waals surface area contributed by atoms with Crippen LogP contribution in [0.15, 0.2) is 35.6 Å². The maximum Gasteiger partial charge on any atom is 0.272 e. The lowest BCUT2D eigenvalue weighted by atomic mass is 9.85. The van der Waals surface area contributed by atoms with E-state index in [9.17, 15) is 4.79 Å². The highest BCUT2D eigenvalue weighted by atomic mass is 16.2. The van der Waals surface area contributed by atoms with Crippen molar-refractivity contribution in [3.05, 3.63) is 36.3 Å². The monoisotopic (exact) mass is 407 g/mol. The van der Waals surface area contributed by atoms with Crippen molar-refractivity contribution in [2.24, 2.45) is 4.99 Å². The molecule has 2 aromatic rings. The molecule has 5 rings (SSSR count). The summed E-state index contributed by atoms with van der Waals surface area (Å²) in [6.45, 7) is 4.01. The molecule has 0 aromatic carbocycles. The van der Waals surface area contributed by atoms with Gasteiger partial charge in [0.15, 0.2) is 5.82 Å². The van der Waals surface area contributed by atoms with E-state index in [0.29, 0.717) is 24.8 Å². The smallest absolute Gasteiger partial charge is 0.272 e. The van der Waals surface area contributed by atoms with Crippen molar-refractivity contribution in [1.29, 1.82) is 0 Å². The van der Waals surface area contributed by atoms with Crippen molar-refractivity contribution in [3.8, 4) is 0 Å². The van der Waals surface area contributed by atoms with Crippen molar-refractivity contribution >= 4 is 23.2 Å². The summed E-state index contributed by atoms with van der Waals surface area (Å²) < 4.78 is 1.77. The number of fused-ring (bicyclic) bond motifs is 1. The van der Waals surface area contributed by atoms with E-state index in [4.69, 9.17) is 4.99 Å². The molecule has 8 nitrogen and oxygen atoms in total. The molecule has 4 heterocycles. The first-order valence-corrected chi connectivity index (χ1v) is 11.1. The number of carbonyl (C=O) groups excluding carboxylic acids is 1. The van der Waals surface area contributed by atoms with Crippen molar-refractivity contribution in [3.63, 3.8) is 0 Å². The number of carbonyl (C=O) groups is 1. The van der Waals surface area contributed by atoms with Crippen molar-refractivity contribution in [1.82, 2.24) is 19.7 Å². The minimum absolute atomic E-state index is 0.0347. The van der Waals surface area contributed by atoms with Gasteiger partial charge in [-0.3, -0.25) is 14.5 Å². The summed E-state index contributed by atoms with van der Waals surface area (Å²) in [5, 5.41) is 11.5. The topological polar surface area (TPSA) is 87.4 Å². The summed E-state index contributed by atoms with van der Waals surface area (Å²) in [6, 6.07) is 6.14. The van der Waals surface area contributed by atoms with Gasteiger partial charge in [-0.15, -0.1) is 0 Å². The molecule has 1 saturated carbocycles. The number of pyridine rings is 1. The number of nitrogens with zero attached hydrogens (tertiary/aromatic N) is 5. The van der Waals surface area contributed by atoms with E-state index in [-0.39, 0.29) is 5.91 Å². The number of rotatable bonds is 3. The summed E-state index contributed by atoms with van der Waals surface area (Å²) >= 11 is 0. The van der Waals surface area contributed by atoms with Gasteiger partial charge in [0, 0.05) is 25.5 Å². The molecule has 2 aliphatic heterocycles. The van der Waals surface area contributed by atoms with Gasteiger partial charge >= 0.3 is 0 Å². The first-order valence-electron chi connectivity index (χ1n) is 11.1. The molecule has 1 spiro atoms. The first-order chi connectivity index (χ1) is 14.7. The fraction of sp³-hybridized carbons (Fsp3) is 0.545. The van der Waals surface area contributed by atoms with Crippen molar-refractivity contribution < 1.29 is 4.79 Å². The number of anilines is 2. The van der Waals surface area contributed by atoms with E-state index in [2.05, 4.69) is 20.7 Å². The van der Waals surface area contributed by atoms with Crippen LogP contribution in [0.4, 0.5) is 11.5 Å². The Morgan fingerprint density at radius 3 is 2.97 bits per heavy atom. The highest BCUT2D eigenvalue weighted by molar-refractivity contribution is 6.09. The molecule has 2 N–H and O–H groups in total. The number of aryl methyl sites for hydroxylation is 1. The zero-order valence-electron chi connectivity index (χ0n) is 17.5. The molecule has 1 saturated heterocycles. The summed E-state index contributed by atoms with van der Waals surface area (Å²) in [5.41, 5.74) is 1.20. The number of aromatic nitrogens is 3. The SMILES string of the molecule is CCn1nccc1C(=O)N1CCC[C@@]2(C1)Nc1cccnc1NC2=NC1CCCC1. The Bertz CT molecular complexity index is 962. The van der Waals surface area contributed by atoms with Crippen LogP contribution in [0.25, 0.3) is 0 Å². The highest BCUT2D eigenvalue weighted by Crippen LogP contribution is 2.36. The second-order valence-electron chi connectivity index (χ2n) is 8.51. The molecule has 0 unspecified atom stereocenters. The van der Waals surface area contributed by atoms with Gasteiger partial charge in [-0.25, -0.2) is 4.98 Å². The van der Waals surface area contributed by atoms with E-state index in [1.165, 1.54) is 12.8 Å². The second-order valence-corrected chi connectivity index (χ2v) is 8.51. The number of hydrogen-bond acceptors (Lipinski definition) is 5. The van der Waals surface area contributed by atoms with Crippen LogP contribution in [0.1, 0.15) is 55.9 Å². The lowest BCUT2D eigenvalue weighted by Gasteiger charge is -2.47. The minimum Gasteiger partial charge on any atom is -0.368 e. The van der Waals surface area contributed by atoms with Crippen LogP contribution in [-0.4, -0.2) is 56.1 Å². The molecule has 1 aliphatic carbocycles. The van der Waals surface area contributed by atoms with Gasteiger partial charge in [0.25, 0.3) is 5.91 Å². The fourth-order valence-electron chi connectivity index (χ4n) is 4.98. The standard InChI is InChI=1S/C22H29N7O/c1-2-29-18(10-13-24-29)20(30)28-14-6-11-22(15-28)21(25-16-7-3-4-8-16)26-19-17(27-22)9-5-12-23-19/h5,9-10,12-13,16,27H,2-4,6-8,11,14-15H2,1H3,(H,23,25,26)/t22-/m0/s1. The largest absolute Gasteiger partial charge is 0.368 e. The molecule has 1 atom stereocenters. The third-order valence-corrected chi connectivity index (χ3v) is 6.52. The number of amides is 1. The fourth-order valence-corrected chi connectivity index (χ4v) is 4.98. The molecule has 0 radical (unpaired) electrons. The molecule has 158 valence electrons. The average Bonchev–Trinajstić information content (AvgIpc) is 3.46. The number of aliphatic imine (C=N–C) groups is 1. The van der Waals surface area contributed by atoms with Crippen LogP contribution in [0, 0.1) is 0 Å². The molecule has 2 aromatic heterocycles. The molecule has 0 bridgehead atoms. The number of amidine groups is 1. The summed E-state index contributed by atoms with van der Waals surface area (Å²) in [6.07, 6.45) is 10.1. The van der Waals surface area contributed by atoms with Crippen molar-refractivity contribution in [2.75, 3.05) is 23.7 Å². The third-order valence-electron chi connectivity index (χ3n) is 6.52. The van der Waals surface area contributed by atoms with Crippen LogP contribution >= 0.6 is 0 Å². The van der Waals surface area contributed by atoms with E-state index in [1.807, 2.05) is 30.0 Å². The van der Waals surface area contributed by atoms with E-state index < -0.39 is 5.54 Å². The minimum atomic E-state index is -0.413. The molecule has 8 heteroatoms. The maximum atomic E-state index is 13.3. The van der Waals surface area contributed by atoms with E-state index in [0.717, 1.165) is 49.6 Å². The Hall–Kier alpha value is -2.90. The van der Waals surface area contributed by atoms with Crippen LogP contribution < -0.4 is 10.6 Å². The van der Waals surface area contributed by atoms with Gasteiger partial charge in [-0.2, -0.15) is 5.10 Å². The zero-order valence-corrected chi connectivity index (χ0v) is 17.5. The molecule has 3 aliphatic rings. The molecule has 2 fully saturated rings. The normalized spacial score (nSPS) is 25.2. The van der Waals surface area contributed by atoms with E-state index >= 15 is 0 Å². The Morgan fingerprint density at radius 2 is 2.13 bits per heavy atom. The summed E-state index contributed by atoms with van der Waals surface area (Å²) in [7, 11) is 0. The maximum absolute atomic E-state index is 13.3. The van der Waals surface area contributed by atoms with Crippen LogP contribution in [-0.2, 0) is 6.54 Å². The Balaban J connectivity index is 1.48. The molecule has 30 heavy (non-hydrogen) atoms. The quantitative estimate of drug-likeness (QED) is 0.816. The van der Waals surface area contributed by atoms with Crippen LogP contribution in [0.3, 0.4) is 0 Å². The Labute approximate surface area is 176 Å². The Morgan fingerprint density at radius 1 is 1.27 bits per heavy atom. The zero-order chi connectivity index (χ0) is 20.6. The van der Waals surface area contributed by atoms with Gasteiger partial charge in [0.1, 0.15) is 17.1 Å². The Kier molecular flexibility index (Phi) is 4.92. The highest BCUT2D eigenvalue weighted by Gasteiger charge is 2.45. The number of nitrogens with one attached hydrogen (secondary N) is 2. The van der Waals surface area contributed by atoms with Gasteiger partial charge in [-0.05, 0) is 50.8 Å². The van der Waals surface area contributed by atoms with Gasteiger partial charge in [-0.1, -0.05) is 12.8 Å². The predicted octanol–water partition coefficient (Wildman–Crippen LogP) is 3.15. The van der Waals surface area contributed by atoms with Crippen LogP contribution in [0.2, 0.25) is 0 Å². The second kappa shape index (κ2) is 7.74. The first kappa shape index (κ1) is 19.1. The van der Waals surface area contributed by atoms with Crippen LogP contribution in [0.5, 0.6) is 0 Å². The molecular weight excluding hydrogens is 378 g/mol. The van der Waals surface area contributed by atoms with Gasteiger partial charge in [0.05, 0.1) is 18.3 Å². The average molecular weight is 408 g/mol. The molecular formula is C22H29N7O. The lowest BCUT2D eigenvalue weighted by Crippen LogP contribution is -2.63. The summed E-state index contributed by atoms with van der Waals surface area (Å²) in [4.78, 5) is 24.9. The van der Waals surface area contributed by atoms with Gasteiger partial charge in [0.2, 0.25) is 0 Å². The third kappa shape index (κ3) is 3.34. The predicted molar refractivity (Wildman–Crippen MR) is 117 cm³/mol. The van der Waals surface area contributed by atoms with Gasteiger partial charge < -0.3 is 15.5 Å². The summed E-state index contributed by atoms with van der Waals surface area (Å²) in [5.74, 6) is 1.78. The number of likely N-dealkylation sites (tertiary alicyclic amines) is 1. The lowest BCUT2D eigenvalue weighted by molar-refractivity contribution is 0.0681. The van der Waals surface area contributed by atoms with Crippen molar-refractivity contribution in [2.45, 2.75) is 63.6 Å².